The number of phosphoric ester groups is 1. The molecule has 0 aromatic heterocycles. The van der Waals surface area contributed by atoms with Crippen LogP contribution in [0.2, 0.25) is 0 Å². The fourth-order valence-corrected chi connectivity index (χ4v) is 0.502. The van der Waals surface area contributed by atoms with Crippen molar-refractivity contribution in [1.29, 1.82) is 0 Å². The summed E-state index contributed by atoms with van der Waals surface area (Å²) >= 11 is 0. The molecule has 2 N–H and O–H groups in total. The first-order valence-corrected chi connectivity index (χ1v) is 3.20. The van der Waals surface area contributed by atoms with Crippen LogP contribution in [0.15, 0.2) is 0 Å². The van der Waals surface area contributed by atoms with Crippen LogP contribution >= 0.6 is 7.82 Å². The molecule has 0 rings (SSSR count). The Labute approximate surface area is 177 Å². The normalized spacial score (nSPS) is 7.25. The molecule has 0 spiro atoms. The molecular formula is C2H10BaNa3O5P. The SMILES string of the molecule is CC(=O)OP(=O)(O)O.[BaH2].[NaH].[NaH].[NaH]. The van der Waals surface area contributed by atoms with Gasteiger partial charge in [-0.1, -0.05) is 0 Å². The van der Waals surface area contributed by atoms with E-state index in [2.05, 4.69) is 4.52 Å². The van der Waals surface area contributed by atoms with Crippen LogP contribution in [0.5, 0.6) is 0 Å². The Bertz CT molecular complexity index is 148. The molecule has 58 valence electrons. The second-order valence-corrected chi connectivity index (χ2v) is 2.24. The first kappa shape index (κ1) is 29.8. The van der Waals surface area contributed by atoms with Gasteiger partial charge in [0, 0.05) is 6.92 Å². The predicted octanol–water partition coefficient (Wildman–Crippen LogP) is -3.22. The third-order valence-electron chi connectivity index (χ3n) is 0.247. The van der Waals surface area contributed by atoms with Crippen LogP contribution in [-0.2, 0) is 13.9 Å². The van der Waals surface area contributed by atoms with Crippen molar-refractivity contribution in [3.8, 4) is 0 Å². The summed E-state index contributed by atoms with van der Waals surface area (Å²) in [6.45, 7) is 0.916. The average Bonchev–Trinajstić information content (AvgIpc) is 1.21. The van der Waals surface area contributed by atoms with Crippen LogP contribution in [0, 0.1) is 0 Å². The van der Waals surface area contributed by atoms with E-state index < -0.39 is 13.8 Å². The van der Waals surface area contributed by atoms with Crippen LogP contribution in [-0.4, -0.2) is 153 Å². The molecule has 0 radical (unpaired) electrons. The molecule has 5 nitrogen and oxygen atoms in total. The van der Waals surface area contributed by atoms with Gasteiger partial charge in [-0.15, -0.1) is 0 Å². The molecule has 0 heterocycles. The minimum absolute atomic E-state index is 0. The summed E-state index contributed by atoms with van der Waals surface area (Å²) in [7, 11) is -4.57. The second kappa shape index (κ2) is 15.2. The van der Waals surface area contributed by atoms with E-state index in [4.69, 9.17) is 9.79 Å². The summed E-state index contributed by atoms with van der Waals surface area (Å²) in [5, 5.41) is 0. The van der Waals surface area contributed by atoms with Crippen molar-refractivity contribution in [2.24, 2.45) is 0 Å². The molecule has 0 aromatic rings. The molecular weight excluding hydrogens is 341 g/mol. The molecule has 0 bridgehead atoms. The third-order valence-corrected chi connectivity index (χ3v) is 0.742. The zero-order chi connectivity index (χ0) is 6.78. The summed E-state index contributed by atoms with van der Waals surface area (Å²) in [6, 6.07) is 0. The zero-order valence-electron chi connectivity index (χ0n) is 4.07. The molecule has 0 fully saturated rings. The number of hydrogen-bond acceptors (Lipinski definition) is 3. The van der Waals surface area contributed by atoms with Gasteiger partial charge in [0.1, 0.15) is 0 Å². The van der Waals surface area contributed by atoms with Crippen molar-refractivity contribution in [2.45, 2.75) is 6.92 Å². The maximum atomic E-state index is 9.74. The molecule has 0 aliphatic rings. The fourth-order valence-electron chi connectivity index (χ4n) is 0.167. The van der Waals surface area contributed by atoms with E-state index in [-0.39, 0.29) is 138 Å². The van der Waals surface area contributed by atoms with E-state index in [0.717, 1.165) is 6.92 Å². The van der Waals surface area contributed by atoms with Crippen molar-refractivity contribution < 1.29 is 23.7 Å². The van der Waals surface area contributed by atoms with Gasteiger partial charge in [0.05, 0.1) is 0 Å². The first-order valence-electron chi connectivity index (χ1n) is 1.67. The topological polar surface area (TPSA) is 83.8 Å². The molecule has 10 heteroatoms. The Kier molecular flexibility index (Phi) is 37.8. The van der Waals surface area contributed by atoms with Gasteiger partial charge < -0.3 is 4.52 Å². The average molecular weight is 351 g/mol. The summed E-state index contributed by atoms with van der Waals surface area (Å²) in [5.74, 6) is -0.988. The van der Waals surface area contributed by atoms with E-state index in [1.54, 1.807) is 0 Å². The maximum absolute atomic E-state index is 9.74. The summed E-state index contributed by atoms with van der Waals surface area (Å²) in [5.41, 5.74) is 0. The molecule has 0 saturated carbocycles. The van der Waals surface area contributed by atoms with E-state index in [9.17, 15) is 9.36 Å². The van der Waals surface area contributed by atoms with Crippen molar-refractivity contribution in [3.63, 3.8) is 0 Å². The van der Waals surface area contributed by atoms with Crippen LogP contribution < -0.4 is 0 Å². The van der Waals surface area contributed by atoms with Gasteiger partial charge in [0.2, 0.25) is 0 Å². The van der Waals surface area contributed by atoms with Gasteiger partial charge in [0.25, 0.3) is 0 Å². The molecule has 12 heavy (non-hydrogen) atoms. The van der Waals surface area contributed by atoms with Crippen LogP contribution in [0.3, 0.4) is 0 Å². The Morgan fingerprint density at radius 2 is 1.50 bits per heavy atom. The monoisotopic (exact) mass is 352 g/mol. The Morgan fingerprint density at radius 3 is 1.50 bits per heavy atom. The van der Waals surface area contributed by atoms with E-state index in [1.165, 1.54) is 0 Å². The van der Waals surface area contributed by atoms with Crippen LogP contribution in [0.1, 0.15) is 6.92 Å². The van der Waals surface area contributed by atoms with Gasteiger partial charge in [0.15, 0.2) is 0 Å². The van der Waals surface area contributed by atoms with Crippen molar-refractivity contribution >= 4 is 151 Å². The predicted molar refractivity (Wildman–Crippen MR) is 53.8 cm³/mol. The van der Waals surface area contributed by atoms with E-state index in [0.29, 0.717) is 0 Å². The number of phosphoric acid groups is 1. The summed E-state index contributed by atoms with van der Waals surface area (Å²) in [4.78, 5) is 25.5. The van der Waals surface area contributed by atoms with Gasteiger partial charge in [-0.2, -0.15) is 0 Å². The Morgan fingerprint density at radius 1 is 1.25 bits per heavy atom. The molecule has 0 aliphatic carbocycles. The van der Waals surface area contributed by atoms with Gasteiger partial charge in [-0.3, -0.25) is 14.6 Å². The second-order valence-electron chi connectivity index (χ2n) is 1.07. The van der Waals surface area contributed by atoms with Crippen molar-refractivity contribution in [3.05, 3.63) is 0 Å². The number of carbonyl (C=O) groups is 1. The van der Waals surface area contributed by atoms with Crippen LogP contribution in [0.4, 0.5) is 0 Å². The summed E-state index contributed by atoms with van der Waals surface area (Å²) < 4.78 is 13.2. The fraction of sp³-hybridized carbons (Fsp3) is 0.500. The standard InChI is InChI=1S/C2H5O5P.Ba.3Na.5H/c1-2(3)7-8(4,5)6;;;;;;;;;/h1H3,(H2,4,5,6);;;;;;;;;. The van der Waals surface area contributed by atoms with Gasteiger partial charge in [-0.25, -0.2) is 4.57 Å². The summed E-state index contributed by atoms with van der Waals surface area (Å²) in [6.07, 6.45) is 0. The first-order chi connectivity index (χ1) is 3.42. The number of hydrogen-bond donors (Lipinski definition) is 2. The quantitative estimate of drug-likeness (QED) is 0.384. The Hall–Kier alpha value is 4.19. The van der Waals surface area contributed by atoms with E-state index in [1.807, 2.05) is 0 Å². The van der Waals surface area contributed by atoms with Gasteiger partial charge >= 0.3 is 151 Å². The number of carbonyl (C=O) groups excluding carboxylic acids is 1. The van der Waals surface area contributed by atoms with Crippen LogP contribution in [0.25, 0.3) is 0 Å². The molecule has 0 unspecified atom stereocenters. The van der Waals surface area contributed by atoms with Crippen molar-refractivity contribution in [1.82, 2.24) is 0 Å². The van der Waals surface area contributed by atoms with Gasteiger partial charge in [-0.05, 0) is 0 Å². The molecule has 0 atom stereocenters. The molecule has 0 saturated heterocycles. The zero-order valence-corrected chi connectivity index (χ0v) is 4.96. The number of rotatable bonds is 1. The van der Waals surface area contributed by atoms with E-state index >= 15 is 0 Å². The minimum atomic E-state index is -4.57. The van der Waals surface area contributed by atoms with Crippen molar-refractivity contribution in [2.75, 3.05) is 0 Å². The molecule has 0 amide bonds. The molecule has 0 aromatic carbocycles. The molecule has 0 aliphatic heterocycles. The Balaban J connectivity index is -0.0000000408. The third kappa shape index (κ3) is 29.2.